The summed E-state index contributed by atoms with van der Waals surface area (Å²) in [6, 6.07) is 32.2. The quantitative estimate of drug-likeness (QED) is 0.0130. The lowest BCUT2D eigenvalue weighted by molar-refractivity contribution is -0.209. The van der Waals surface area contributed by atoms with Gasteiger partial charge < -0.3 is 40.4 Å². The number of aliphatic hydroxyl groups is 3. The van der Waals surface area contributed by atoms with Gasteiger partial charge in [-0.2, -0.15) is 33.7 Å². The van der Waals surface area contributed by atoms with Crippen molar-refractivity contribution < 1.29 is 90.4 Å². The second-order valence-electron chi connectivity index (χ2n) is 47.3. The van der Waals surface area contributed by atoms with Crippen LogP contribution in [0.5, 0.6) is 0 Å². The van der Waals surface area contributed by atoms with Gasteiger partial charge in [0.15, 0.2) is 8.32 Å². The van der Waals surface area contributed by atoms with Crippen LogP contribution in [-0.4, -0.2) is 168 Å². The summed E-state index contributed by atoms with van der Waals surface area (Å²) in [5, 5.41) is 40.2. The molecule has 23 nitrogen and oxygen atoms in total. The van der Waals surface area contributed by atoms with E-state index in [1.54, 1.807) is 0 Å². The van der Waals surface area contributed by atoms with Gasteiger partial charge >= 0.3 is 0 Å². The van der Waals surface area contributed by atoms with Crippen molar-refractivity contribution in [3.8, 4) is 0 Å². The molecular weight excluding hydrogens is 1770 g/mol. The van der Waals surface area contributed by atoms with Crippen molar-refractivity contribution in [3.63, 3.8) is 0 Å². The third kappa shape index (κ3) is 22.8. The van der Waals surface area contributed by atoms with Crippen molar-refractivity contribution in [1.82, 2.24) is 16.0 Å². The Labute approximate surface area is 793 Å². The maximum atomic E-state index is 12.7. The molecule has 15 rings (SSSR count). The first-order valence-electron chi connectivity index (χ1n) is 50.8. The Hall–Kier alpha value is -4.27. The van der Waals surface area contributed by atoms with Gasteiger partial charge in [-0.3, -0.25) is 32.2 Å². The van der Waals surface area contributed by atoms with E-state index >= 15 is 0 Å². The number of ether oxygens (including phenoxy) is 1. The molecule has 30 atom stereocenters. The Balaban J connectivity index is 0.000000171. The molecule has 0 saturated heterocycles. The fourth-order valence-corrected chi connectivity index (χ4v) is 34.5. The third-order valence-corrected chi connectivity index (χ3v) is 46.4. The molecule has 0 aromatic heterocycles. The summed E-state index contributed by atoms with van der Waals surface area (Å²) >= 11 is 0. The first kappa shape index (κ1) is 105. The van der Waals surface area contributed by atoms with Crippen molar-refractivity contribution in [2.24, 2.45) is 139 Å². The van der Waals surface area contributed by atoms with Crippen molar-refractivity contribution in [2.45, 2.75) is 336 Å². The first-order chi connectivity index (χ1) is 61.7. The van der Waals surface area contributed by atoms with Gasteiger partial charge in [0.2, 0.25) is 17.7 Å². The molecule has 0 heterocycles. The van der Waals surface area contributed by atoms with Crippen LogP contribution in [0.15, 0.2) is 91.0 Å². The van der Waals surface area contributed by atoms with Crippen LogP contribution in [-0.2, 0) is 73.8 Å². The summed E-state index contributed by atoms with van der Waals surface area (Å²) in [5.41, 5.74) is 3.45. The van der Waals surface area contributed by atoms with Gasteiger partial charge in [-0.25, -0.2) is 0 Å². The number of hydrogen-bond acceptors (Lipinski definition) is 17. The lowest BCUT2D eigenvalue weighted by Crippen LogP contribution is -2.61. The fourth-order valence-electron chi connectivity index (χ4n) is 31.4. The number of carbonyl (C=O) groups is 3. The molecule has 0 bridgehead atoms. The van der Waals surface area contributed by atoms with Gasteiger partial charge in [-0.1, -0.05) is 174 Å². The largest absolute Gasteiger partial charge is 0.414 e. The van der Waals surface area contributed by atoms with Gasteiger partial charge in [-0.05, 0) is 347 Å². The highest BCUT2D eigenvalue weighted by Gasteiger charge is 2.69. The molecule has 0 aliphatic heterocycles. The van der Waals surface area contributed by atoms with Crippen LogP contribution >= 0.6 is 0 Å². The average Bonchev–Trinajstić information content (AvgIpc) is 1.44. The minimum absolute atomic E-state index is 0.0174. The zero-order valence-electron chi connectivity index (χ0n) is 82.0. The number of aliphatic hydroxyl groups excluding tert-OH is 3. The highest BCUT2D eigenvalue weighted by atomic mass is 32.2. The summed E-state index contributed by atoms with van der Waals surface area (Å²) in [5.74, 6) is 5.79. The predicted molar refractivity (Wildman–Crippen MR) is 519 cm³/mol. The van der Waals surface area contributed by atoms with Gasteiger partial charge in [0.05, 0.1) is 54.0 Å². The van der Waals surface area contributed by atoms with E-state index in [0.717, 1.165) is 158 Å². The van der Waals surface area contributed by atoms with E-state index in [4.69, 9.17) is 27.0 Å². The lowest BCUT2D eigenvalue weighted by Gasteiger charge is -2.64. The highest BCUT2D eigenvalue weighted by molar-refractivity contribution is 7.86. The summed E-state index contributed by atoms with van der Waals surface area (Å²) in [6.45, 7) is 33.3. The van der Waals surface area contributed by atoms with E-state index in [-0.39, 0.29) is 123 Å². The molecule has 3 amide bonds. The molecule has 3 unspecified atom stereocenters. The minimum atomic E-state index is -4.11. The molecule has 3 aromatic rings. The molecule has 12 aliphatic carbocycles. The van der Waals surface area contributed by atoms with E-state index in [9.17, 15) is 63.4 Å². The zero-order chi connectivity index (χ0) is 96.1. The molecule has 0 spiro atoms. The second kappa shape index (κ2) is 41.1. The second-order valence-corrected chi connectivity index (χ2v) is 58.4. The molecule has 28 heteroatoms. The Morgan fingerprint density at radius 2 is 0.674 bits per heavy atom. The lowest BCUT2D eigenvalue weighted by atomic mass is 9.43. The van der Waals surface area contributed by atoms with Gasteiger partial charge in [-0.15, -0.1) is 0 Å². The number of carbonyl (C=O) groups excluding carboxylic acids is 3. The maximum Gasteiger partial charge on any atom is 0.266 e. The molecule has 132 heavy (non-hydrogen) atoms. The Kier molecular flexibility index (Phi) is 32.7. The van der Waals surface area contributed by atoms with Crippen LogP contribution in [0.25, 0.3) is 0 Å². The van der Waals surface area contributed by atoms with Crippen molar-refractivity contribution >= 4 is 66.5 Å². The van der Waals surface area contributed by atoms with E-state index in [0.29, 0.717) is 127 Å². The predicted octanol–water partition coefficient (Wildman–Crippen LogP) is 18.2. The molecule has 3 aromatic carbocycles. The van der Waals surface area contributed by atoms with Crippen LogP contribution < -0.4 is 16.0 Å². The van der Waals surface area contributed by atoms with E-state index in [1.165, 1.54) is 25.7 Å². The molecule has 0 radical (unpaired) electrons. The number of benzene rings is 3. The minimum Gasteiger partial charge on any atom is -0.414 e. The van der Waals surface area contributed by atoms with Crippen molar-refractivity contribution in [3.05, 3.63) is 108 Å². The van der Waals surface area contributed by atoms with Gasteiger partial charge in [0.1, 0.15) is 5.60 Å². The van der Waals surface area contributed by atoms with Crippen LogP contribution in [0.2, 0.25) is 18.1 Å². The van der Waals surface area contributed by atoms with Crippen LogP contribution in [0, 0.1) is 139 Å². The van der Waals surface area contributed by atoms with E-state index < -0.39 is 71.6 Å². The molecular formula is C104H165N3O20S4Si. The molecule has 744 valence electrons. The summed E-state index contributed by atoms with van der Waals surface area (Å²) < 4.78 is 139. The Bertz CT molecular complexity index is 4800. The summed E-state index contributed by atoms with van der Waals surface area (Å²) in [7, 11) is -17.9. The topological polar surface area (TPSA) is 373 Å². The van der Waals surface area contributed by atoms with E-state index in [1.807, 2.05) is 0 Å². The standard InChI is InChI=1S/C45H59NO6S.C32H59NO6SSi.C27H47NO8S2/c1-31(19-22-41(48)46-27-28-53(49,50)51)37-20-21-38-42-39(24-26-44(37,38)3)43(2)25-23-36(47)29-35(43)30-40(42)52-45(32-13-7-4-8-14-32,33-15-9-5-10-16-33)34-17-11-6-12-18-34;1-21(9-12-28(35)33-17-18-40(36,37)38)24-10-11-25-29-26(14-16-32(24,25)6)31(5)15-13-23(34)19-22(31)20-27(29)39-41(7,8)30(2,3)4;1-17(5-8-24(30)28-13-14-38(33,34)35)20-6-7-21-25-22(10-12-27(20,21)3)26(2)11-9-19(29)15-18(26)16-23(25)36-37(4,31)32/h4-18,31,35-40,42,47H,19-30H2,1-3H3,(H,46,48)(H,49,50,51);21-27,29,34H,9-20H2,1-8H3,(H,33,35)(H,36,37,38);17-23,25,29H,5-16H2,1-4H3,(H,28,30)(H,33,34,35)/t31-,35?,36-,37-,38+,39+,40+,42+,43+,44-;21-,22?,23-,24-,25+,26+,27+,29+,31+,32-;17-,18?,19-,20-,21+,22+,23+,25+,26+,27-/m111/s1. The molecule has 12 saturated carbocycles. The van der Waals surface area contributed by atoms with Crippen LogP contribution in [0.4, 0.5) is 0 Å². The average molecular weight is 1930 g/mol. The normalized spacial score (nSPS) is 38.0. The summed E-state index contributed by atoms with van der Waals surface area (Å²) in [6.07, 6.45) is 28.1. The molecule has 12 fully saturated rings. The number of nitrogens with one attached hydrogen (secondary N) is 3. The Morgan fingerprint density at radius 1 is 0.402 bits per heavy atom. The van der Waals surface area contributed by atoms with Crippen LogP contribution in [0.1, 0.15) is 292 Å². The fraction of sp³-hybridized carbons (Fsp3) is 0.798. The SMILES string of the molecule is C[C@H](CCC(=O)NCCS(=O)(=O)O)[C@H]1CC[C@H]2[C@@H]3[C@@H](OC(c4ccccc4)(c4ccccc4)c4ccccc4)CC4C[C@H](O)CC[C@]4(C)[C@H]3CC[C@]12C.C[C@H](CCC(=O)NCCS(=O)(=O)O)[C@H]1CC[C@H]2[C@@H]3[C@@H](OS(C)(=O)=O)CC4C[C@H](O)CC[C@]4(C)[C@H]3CC[C@]12C.C[C@H](CCC(=O)NCCS(=O)(=O)O)[C@H]1CC[C@H]2[C@@H]3[C@@H](O[Si](C)(C)C(C)(C)C)CC4C[C@H](O)CC[C@]4(C)[C@H]3CC[C@]12C. The smallest absolute Gasteiger partial charge is 0.266 e. The highest BCUT2D eigenvalue weighted by Crippen LogP contribution is 2.74. The first-order valence-corrected chi connectivity index (χ1v) is 60.3. The molecule has 12 aliphatic rings. The van der Waals surface area contributed by atoms with Crippen LogP contribution in [0.3, 0.4) is 0 Å². The summed E-state index contributed by atoms with van der Waals surface area (Å²) in [4.78, 5) is 37.4. The van der Waals surface area contributed by atoms with Crippen molar-refractivity contribution in [1.29, 1.82) is 0 Å². The number of hydrogen-bond donors (Lipinski definition) is 9. The maximum absolute atomic E-state index is 12.7. The number of fused-ring (bicyclic) bond motifs is 15. The Morgan fingerprint density at radius 3 is 0.970 bits per heavy atom. The van der Waals surface area contributed by atoms with Gasteiger partial charge in [0, 0.05) is 45.0 Å². The third-order valence-electron chi connectivity index (χ3n) is 39.1. The van der Waals surface area contributed by atoms with Crippen molar-refractivity contribution in [2.75, 3.05) is 43.1 Å². The number of rotatable bonds is 30. The van der Waals surface area contributed by atoms with E-state index in [2.05, 4.69) is 203 Å². The number of amides is 3. The molecule has 9 N–H and O–H groups in total. The van der Waals surface area contributed by atoms with Gasteiger partial charge in [0.25, 0.3) is 40.5 Å². The monoisotopic (exact) mass is 1930 g/mol. The zero-order valence-corrected chi connectivity index (χ0v) is 86.3.